The van der Waals surface area contributed by atoms with Crippen LogP contribution in [0.2, 0.25) is 5.02 Å². The quantitative estimate of drug-likeness (QED) is 0.657. The lowest BCUT2D eigenvalue weighted by Gasteiger charge is -2.17. The smallest absolute Gasteiger partial charge is 0.279 e. The standard InChI is InChI=1S/C23H20ClN3O2/c24-19-12-11-18(15-20(19)27-14-6-10-22(27)28)23(29)25-21-9-4-5-13-26(21)16-17-7-2-1-3-8-17/h1-5,7-9,11-13,15H,6,10,14,16H2. The molecule has 1 aliphatic heterocycles. The van der Waals surface area contributed by atoms with E-state index in [1.54, 1.807) is 23.1 Å². The molecule has 2 aromatic carbocycles. The first-order chi connectivity index (χ1) is 14.1. The molecule has 2 amide bonds. The van der Waals surface area contributed by atoms with E-state index >= 15 is 0 Å². The fraction of sp³-hybridized carbons (Fsp3) is 0.174. The summed E-state index contributed by atoms with van der Waals surface area (Å²) in [4.78, 5) is 30.9. The van der Waals surface area contributed by atoms with E-state index in [4.69, 9.17) is 11.6 Å². The highest BCUT2D eigenvalue weighted by molar-refractivity contribution is 6.34. The Morgan fingerprint density at radius 3 is 2.59 bits per heavy atom. The Labute approximate surface area is 173 Å². The maximum absolute atomic E-state index is 12.9. The molecule has 29 heavy (non-hydrogen) atoms. The van der Waals surface area contributed by atoms with Gasteiger partial charge in [0.05, 0.1) is 10.7 Å². The van der Waals surface area contributed by atoms with Gasteiger partial charge < -0.3 is 9.47 Å². The Bertz CT molecular complexity index is 1120. The van der Waals surface area contributed by atoms with Crippen molar-refractivity contribution in [2.45, 2.75) is 19.4 Å². The number of hydrogen-bond acceptors (Lipinski definition) is 2. The molecule has 0 saturated carbocycles. The van der Waals surface area contributed by atoms with Crippen molar-refractivity contribution in [2.75, 3.05) is 11.4 Å². The molecule has 1 aliphatic rings. The summed E-state index contributed by atoms with van der Waals surface area (Å²) in [5, 5.41) is 0.454. The van der Waals surface area contributed by atoms with E-state index in [1.165, 1.54) is 0 Å². The van der Waals surface area contributed by atoms with E-state index in [-0.39, 0.29) is 11.8 Å². The first kappa shape index (κ1) is 19.2. The van der Waals surface area contributed by atoms with E-state index in [0.29, 0.717) is 41.3 Å². The van der Waals surface area contributed by atoms with Gasteiger partial charge in [-0.15, -0.1) is 0 Å². The van der Waals surface area contributed by atoms with Crippen molar-refractivity contribution in [1.82, 2.24) is 4.57 Å². The number of hydrogen-bond donors (Lipinski definition) is 0. The van der Waals surface area contributed by atoms with Gasteiger partial charge in [-0.1, -0.05) is 48.0 Å². The summed E-state index contributed by atoms with van der Waals surface area (Å²) in [5.74, 6) is -0.347. The molecule has 4 rings (SSSR count). The van der Waals surface area contributed by atoms with E-state index in [9.17, 15) is 9.59 Å². The summed E-state index contributed by atoms with van der Waals surface area (Å²) in [6.07, 6.45) is 3.19. The number of benzene rings is 2. The summed E-state index contributed by atoms with van der Waals surface area (Å²) in [6.45, 7) is 1.23. The second-order valence-electron chi connectivity index (χ2n) is 6.90. The monoisotopic (exact) mass is 405 g/mol. The third-order valence-electron chi connectivity index (χ3n) is 4.89. The molecule has 1 saturated heterocycles. The molecule has 0 radical (unpaired) electrons. The molecule has 5 nitrogen and oxygen atoms in total. The van der Waals surface area contributed by atoms with Crippen molar-refractivity contribution >= 4 is 29.1 Å². The zero-order chi connectivity index (χ0) is 20.2. The fourth-order valence-electron chi connectivity index (χ4n) is 3.41. The van der Waals surface area contributed by atoms with Crippen molar-refractivity contribution in [3.63, 3.8) is 0 Å². The van der Waals surface area contributed by atoms with Crippen LogP contribution in [0, 0.1) is 0 Å². The van der Waals surface area contributed by atoms with E-state index in [0.717, 1.165) is 12.0 Å². The highest BCUT2D eigenvalue weighted by Crippen LogP contribution is 2.30. The minimum Gasteiger partial charge on any atom is -0.328 e. The van der Waals surface area contributed by atoms with Gasteiger partial charge in [0, 0.05) is 31.3 Å². The van der Waals surface area contributed by atoms with Crippen molar-refractivity contribution in [3.8, 4) is 0 Å². The van der Waals surface area contributed by atoms with Gasteiger partial charge in [0.25, 0.3) is 5.91 Å². The largest absolute Gasteiger partial charge is 0.328 e. The molecule has 1 fully saturated rings. The van der Waals surface area contributed by atoms with Crippen LogP contribution in [0.5, 0.6) is 0 Å². The van der Waals surface area contributed by atoms with E-state index < -0.39 is 0 Å². The molecular weight excluding hydrogens is 386 g/mol. The van der Waals surface area contributed by atoms with Crippen molar-refractivity contribution in [1.29, 1.82) is 0 Å². The van der Waals surface area contributed by atoms with Gasteiger partial charge in [0.2, 0.25) is 5.91 Å². The van der Waals surface area contributed by atoms with Gasteiger partial charge >= 0.3 is 0 Å². The number of carbonyl (C=O) groups excluding carboxylic acids is 2. The molecular formula is C23H20ClN3O2. The van der Waals surface area contributed by atoms with Gasteiger partial charge in [-0.25, -0.2) is 0 Å². The second kappa shape index (κ2) is 8.45. The summed E-state index contributed by atoms with van der Waals surface area (Å²) in [6, 6.07) is 20.5. The molecule has 146 valence electrons. The lowest BCUT2D eigenvalue weighted by Crippen LogP contribution is -2.24. The summed E-state index contributed by atoms with van der Waals surface area (Å²) in [7, 11) is 0. The third-order valence-corrected chi connectivity index (χ3v) is 5.21. The lowest BCUT2D eigenvalue weighted by molar-refractivity contribution is -0.117. The van der Waals surface area contributed by atoms with Gasteiger partial charge in [-0.3, -0.25) is 9.59 Å². The van der Waals surface area contributed by atoms with Crippen LogP contribution in [0.15, 0.2) is 77.9 Å². The SMILES string of the molecule is O=C(N=c1ccccn1Cc1ccccc1)c1ccc(Cl)c(N2CCCC2=O)c1. The number of carbonyl (C=O) groups is 2. The topological polar surface area (TPSA) is 54.7 Å². The van der Waals surface area contributed by atoms with E-state index in [1.807, 2.05) is 59.3 Å². The van der Waals surface area contributed by atoms with Crippen LogP contribution < -0.4 is 10.4 Å². The Balaban J connectivity index is 1.66. The van der Waals surface area contributed by atoms with Crippen LogP contribution in [0.4, 0.5) is 5.69 Å². The molecule has 2 heterocycles. The Morgan fingerprint density at radius 2 is 1.83 bits per heavy atom. The van der Waals surface area contributed by atoms with Gasteiger partial charge in [0.1, 0.15) is 5.49 Å². The Morgan fingerprint density at radius 1 is 1.03 bits per heavy atom. The minimum atomic E-state index is -0.373. The fourth-order valence-corrected chi connectivity index (χ4v) is 3.63. The van der Waals surface area contributed by atoms with Crippen LogP contribution >= 0.6 is 11.6 Å². The predicted molar refractivity (Wildman–Crippen MR) is 113 cm³/mol. The van der Waals surface area contributed by atoms with Crippen LogP contribution in [-0.2, 0) is 11.3 Å². The number of rotatable bonds is 4. The molecule has 0 aliphatic carbocycles. The van der Waals surface area contributed by atoms with Crippen LogP contribution in [0.25, 0.3) is 0 Å². The zero-order valence-electron chi connectivity index (χ0n) is 15.8. The number of halogens is 1. The molecule has 0 N–H and O–H groups in total. The number of nitrogens with zero attached hydrogens (tertiary/aromatic N) is 3. The summed E-state index contributed by atoms with van der Waals surface area (Å²) < 4.78 is 1.92. The molecule has 3 aromatic rings. The highest BCUT2D eigenvalue weighted by atomic mass is 35.5. The molecule has 0 unspecified atom stereocenters. The molecule has 6 heteroatoms. The normalized spacial score (nSPS) is 14.4. The summed E-state index contributed by atoms with van der Waals surface area (Å²) >= 11 is 6.28. The molecule has 1 aromatic heterocycles. The van der Waals surface area contributed by atoms with Gasteiger partial charge in [0.15, 0.2) is 0 Å². The van der Waals surface area contributed by atoms with E-state index in [2.05, 4.69) is 4.99 Å². The van der Waals surface area contributed by atoms with Crippen molar-refractivity contribution < 1.29 is 9.59 Å². The van der Waals surface area contributed by atoms with Crippen LogP contribution in [-0.4, -0.2) is 22.9 Å². The first-order valence-corrected chi connectivity index (χ1v) is 9.88. The first-order valence-electron chi connectivity index (χ1n) is 9.50. The second-order valence-corrected chi connectivity index (χ2v) is 7.31. The lowest BCUT2D eigenvalue weighted by atomic mass is 10.1. The molecule has 0 spiro atoms. The predicted octanol–water partition coefficient (Wildman–Crippen LogP) is 4.06. The van der Waals surface area contributed by atoms with Crippen molar-refractivity contribution in [3.05, 3.63) is 94.6 Å². The van der Waals surface area contributed by atoms with Gasteiger partial charge in [-0.05, 0) is 42.3 Å². The third kappa shape index (κ3) is 4.30. The van der Waals surface area contributed by atoms with Crippen LogP contribution in [0.3, 0.4) is 0 Å². The van der Waals surface area contributed by atoms with Crippen LogP contribution in [0.1, 0.15) is 28.8 Å². The average Bonchev–Trinajstić information content (AvgIpc) is 3.16. The maximum atomic E-state index is 12.9. The number of anilines is 1. The highest BCUT2D eigenvalue weighted by Gasteiger charge is 2.24. The number of aromatic nitrogens is 1. The van der Waals surface area contributed by atoms with Crippen molar-refractivity contribution in [2.24, 2.45) is 4.99 Å². The Hall–Kier alpha value is -3.18. The van der Waals surface area contributed by atoms with Gasteiger partial charge in [-0.2, -0.15) is 4.99 Å². The molecule has 0 bridgehead atoms. The Kier molecular flexibility index (Phi) is 5.58. The average molecular weight is 406 g/mol. The maximum Gasteiger partial charge on any atom is 0.279 e. The molecule has 0 atom stereocenters. The number of amides is 2. The summed E-state index contributed by atoms with van der Waals surface area (Å²) in [5.41, 5.74) is 2.66. The minimum absolute atomic E-state index is 0.0252. The number of pyridine rings is 1. The zero-order valence-corrected chi connectivity index (χ0v) is 16.5.